The van der Waals surface area contributed by atoms with Gasteiger partial charge in [0.25, 0.3) is 0 Å². The summed E-state index contributed by atoms with van der Waals surface area (Å²) in [4.78, 5) is 23.3. The molecular weight excluding hydrogens is 918 g/mol. The maximum atomic E-state index is 12.5. The van der Waals surface area contributed by atoms with Gasteiger partial charge in [-0.25, -0.2) is 0 Å². The van der Waals surface area contributed by atoms with Gasteiger partial charge in [-0.05, 0) is 25.8 Å². The molecule has 0 bridgehead atoms. The molecule has 5 saturated heterocycles. The summed E-state index contributed by atoms with van der Waals surface area (Å²) in [6, 6.07) is -1.69. The third kappa shape index (κ3) is 13.1. The summed E-state index contributed by atoms with van der Waals surface area (Å²) in [5.41, 5.74) is 5.49. The molecule has 5 aliphatic heterocycles. The summed E-state index contributed by atoms with van der Waals surface area (Å²) in [6.07, 6.45) is -43.1. The van der Waals surface area contributed by atoms with E-state index in [-0.39, 0.29) is 6.61 Å². The van der Waals surface area contributed by atoms with Gasteiger partial charge >= 0.3 is 0 Å². The molecule has 0 aromatic carbocycles. The molecule has 30 nitrogen and oxygen atoms in total. The number of nitrogens with zero attached hydrogens (tertiary/aromatic N) is 1. The van der Waals surface area contributed by atoms with Crippen molar-refractivity contribution in [1.29, 1.82) is 0 Å². The van der Waals surface area contributed by atoms with Crippen molar-refractivity contribution in [3.05, 3.63) is 10.1 Å². The largest absolute Gasteiger partial charge is 0.394 e. The smallest absolute Gasteiger partial charge is 0.232 e. The minimum atomic E-state index is -2.18. The lowest BCUT2D eigenvalue weighted by molar-refractivity contribution is -0.505. The normalized spacial score (nSPS) is 46.2. The van der Waals surface area contributed by atoms with E-state index < -0.39 is 197 Å². The predicted molar refractivity (Wildman–Crippen MR) is 210 cm³/mol. The lowest BCUT2D eigenvalue weighted by atomic mass is 9.94. The average Bonchev–Trinajstić information content (AvgIpc) is 3.29. The predicted octanol–water partition coefficient (Wildman–Crippen LogP) is -10.3. The molecule has 67 heavy (non-hydrogen) atoms. The first-order valence-electron chi connectivity index (χ1n) is 21.7. The molecule has 0 saturated carbocycles. The number of hydrogen-bond donors (Lipinski definition) is 16. The van der Waals surface area contributed by atoms with Crippen LogP contribution in [0.25, 0.3) is 0 Å². The van der Waals surface area contributed by atoms with Gasteiger partial charge in [0.05, 0.1) is 26.4 Å². The van der Waals surface area contributed by atoms with Crippen LogP contribution in [0, 0.1) is 10.1 Å². The number of hydrogen-bond acceptors (Lipinski definition) is 28. The van der Waals surface area contributed by atoms with Crippen molar-refractivity contribution in [3.8, 4) is 0 Å². The van der Waals surface area contributed by atoms with E-state index in [0.717, 1.165) is 6.92 Å². The van der Waals surface area contributed by atoms with Crippen molar-refractivity contribution >= 4 is 5.91 Å². The van der Waals surface area contributed by atoms with Gasteiger partial charge < -0.3 is 130 Å². The number of ether oxygens (including phenoxy) is 10. The highest BCUT2D eigenvalue weighted by Crippen LogP contribution is 2.36. The molecule has 390 valence electrons. The lowest BCUT2D eigenvalue weighted by Crippen LogP contribution is -2.70. The Labute approximate surface area is 381 Å². The second-order valence-corrected chi connectivity index (χ2v) is 16.7. The zero-order valence-corrected chi connectivity index (χ0v) is 36.1. The van der Waals surface area contributed by atoms with Crippen molar-refractivity contribution in [1.82, 2.24) is 5.32 Å². The van der Waals surface area contributed by atoms with Gasteiger partial charge in [0, 0.05) is 18.5 Å². The number of unbranched alkanes of at least 4 members (excludes halogenated alkanes) is 2. The standard InChI is InChI=1S/C37H65N3O27/c1-12(45)39-18-31(66-35-25(52)22(49)19(46)14(8-41)61-35)20(47)15(9-42)60-33(18)67-32-21(48)16(10-43)62-37(28(32)55)65-30-17(11-44)63-36(27(54)24(30)51)64-29-13(7-40(56)57)59-34(26(53)23(29)50)58-6-4-2-3-5-38/h13-37,41-44,46-55H,2-11,38H2,1H3,(H,39,45)/t13?,14?,15?,16?,17?,18?,19-,20-,21-,22-,23+,24+,25?,26?,27?,28?,29+,30-,31+,32-,33-,34+,35-,36-,37+/m0/s1. The molecule has 0 aromatic rings. The Morgan fingerprint density at radius 1 is 0.522 bits per heavy atom. The topological polar surface area (TPSA) is 474 Å². The summed E-state index contributed by atoms with van der Waals surface area (Å²) in [6.45, 7) is -3.36. The molecule has 30 heteroatoms. The number of amides is 1. The Balaban J connectivity index is 1.32. The molecule has 0 radical (unpaired) electrons. The van der Waals surface area contributed by atoms with E-state index in [1.165, 1.54) is 0 Å². The zero-order chi connectivity index (χ0) is 49.4. The monoisotopic (exact) mass is 983 g/mol. The minimum absolute atomic E-state index is 0.0376. The summed E-state index contributed by atoms with van der Waals surface area (Å²) < 4.78 is 56.7. The number of nitro groups is 1. The number of nitrogens with one attached hydrogen (secondary N) is 1. The Morgan fingerprint density at radius 3 is 1.49 bits per heavy atom. The number of nitrogens with two attached hydrogens (primary N) is 1. The molecule has 0 aromatic heterocycles. The van der Waals surface area contributed by atoms with Crippen LogP contribution in [0.5, 0.6) is 0 Å². The molecule has 5 aliphatic rings. The van der Waals surface area contributed by atoms with E-state index in [4.69, 9.17) is 53.1 Å². The number of aliphatic hydroxyl groups is 14. The van der Waals surface area contributed by atoms with Crippen LogP contribution >= 0.6 is 0 Å². The number of aliphatic hydroxyl groups excluding tert-OH is 14. The van der Waals surface area contributed by atoms with E-state index in [1.54, 1.807) is 0 Å². The van der Waals surface area contributed by atoms with Crippen LogP contribution in [-0.2, 0) is 52.2 Å². The molecule has 10 unspecified atom stereocenters. The fourth-order valence-corrected chi connectivity index (χ4v) is 8.32. The van der Waals surface area contributed by atoms with Gasteiger partial charge in [-0.1, -0.05) is 0 Å². The van der Waals surface area contributed by atoms with E-state index in [2.05, 4.69) is 5.32 Å². The summed E-state index contributed by atoms with van der Waals surface area (Å²) in [5.74, 6) is -0.818. The van der Waals surface area contributed by atoms with E-state index in [0.29, 0.717) is 25.8 Å². The second kappa shape index (κ2) is 25.3. The van der Waals surface area contributed by atoms with Gasteiger partial charge in [-0.3, -0.25) is 14.9 Å². The average molecular weight is 984 g/mol. The van der Waals surface area contributed by atoms with Crippen molar-refractivity contribution in [2.24, 2.45) is 5.73 Å². The van der Waals surface area contributed by atoms with Crippen LogP contribution in [0.2, 0.25) is 0 Å². The third-order valence-electron chi connectivity index (χ3n) is 12.0. The van der Waals surface area contributed by atoms with E-state index >= 15 is 0 Å². The van der Waals surface area contributed by atoms with Gasteiger partial charge in [0.15, 0.2) is 37.6 Å². The van der Waals surface area contributed by atoms with Gasteiger partial charge in [0.1, 0.15) is 116 Å². The highest BCUT2D eigenvalue weighted by atomic mass is 16.8. The van der Waals surface area contributed by atoms with Crippen LogP contribution in [0.1, 0.15) is 26.2 Å². The van der Waals surface area contributed by atoms with Gasteiger partial charge in [-0.2, -0.15) is 0 Å². The van der Waals surface area contributed by atoms with Crippen molar-refractivity contribution in [3.63, 3.8) is 0 Å². The lowest BCUT2D eigenvalue weighted by Gasteiger charge is -2.50. The zero-order valence-electron chi connectivity index (χ0n) is 36.1. The second-order valence-electron chi connectivity index (χ2n) is 16.7. The van der Waals surface area contributed by atoms with Crippen molar-refractivity contribution in [2.75, 3.05) is 46.1 Å². The molecule has 5 fully saturated rings. The molecule has 0 spiro atoms. The summed E-state index contributed by atoms with van der Waals surface area (Å²) in [7, 11) is 0. The molecule has 17 N–H and O–H groups in total. The Kier molecular flexibility index (Phi) is 21.1. The van der Waals surface area contributed by atoms with Crippen LogP contribution in [0.15, 0.2) is 0 Å². The number of carbonyl (C=O) groups is 1. The summed E-state index contributed by atoms with van der Waals surface area (Å²) >= 11 is 0. The SMILES string of the molecule is CC(=O)NC1[C@H](O[C@@H]2C(O)[C@@H](O[C@H]3C(CO)O[C@@H](O[C@@H]4C(C[N+](=O)[O-])O[C@@H](OCCCCCN)C(O)[C@H]4O)C(O)[C@H]3O)OC(CO)[C@@H]2O)OC(CO)[C@H](O)[C@@H]1O[C@@H]1OC(CO)[C@H](O)[C@H](O)C1O. The van der Waals surface area contributed by atoms with E-state index in [1.807, 2.05) is 0 Å². The molecular formula is C37H65N3O27. The van der Waals surface area contributed by atoms with Gasteiger partial charge in [0.2, 0.25) is 12.5 Å². The van der Waals surface area contributed by atoms with Crippen LogP contribution in [-0.4, -0.2) is 282 Å². The van der Waals surface area contributed by atoms with Crippen LogP contribution < -0.4 is 11.1 Å². The Bertz CT molecular complexity index is 1530. The fourth-order valence-electron chi connectivity index (χ4n) is 8.32. The van der Waals surface area contributed by atoms with Crippen molar-refractivity contribution < 1.29 is 129 Å². The first-order chi connectivity index (χ1) is 31.8. The minimum Gasteiger partial charge on any atom is -0.394 e. The highest BCUT2D eigenvalue weighted by Gasteiger charge is 2.57. The maximum Gasteiger partial charge on any atom is 0.232 e. The highest BCUT2D eigenvalue weighted by molar-refractivity contribution is 5.73. The quantitative estimate of drug-likeness (QED) is 0.0288. The van der Waals surface area contributed by atoms with Crippen LogP contribution in [0.3, 0.4) is 0 Å². The Morgan fingerprint density at radius 2 is 0.955 bits per heavy atom. The first-order valence-corrected chi connectivity index (χ1v) is 21.7. The number of carbonyl (C=O) groups excluding carboxylic acids is 1. The summed E-state index contributed by atoms with van der Waals surface area (Å²) in [5, 5.41) is 164. The van der Waals surface area contributed by atoms with Crippen molar-refractivity contribution in [2.45, 2.75) is 180 Å². The number of rotatable bonds is 21. The third-order valence-corrected chi connectivity index (χ3v) is 12.0. The first kappa shape index (κ1) is 55.8. The Hall–Kier alpha value is -2.13. The fraction of sp³-hybridized carbons (Fsp3) is 0.973. The molecule has 5 heterocycles. The molecule has 25 atom stereocenters. The maximum absolute atomic E-state index is 12.5. The molecule has 1 amide bonds. The van der Waals surface area contributed by atoms with E-state index in [9.17, 15) is 86.4 Å². The van der Waals surface area contributed by atoms with Gasteiger partial charge in [-0.15, -0.1) is 0 Å². The van der Waals surface area contributed by atoms with Crippen LogP contribution in [0.4, 0.5) is 0 Å². The molecule has 0 aliphatic carbocycles. The molecule has 5 rings (SSSR count).